The quantitative estimate of drug-likeness (QED) is 0.568. The minimum atomic E-state index is -0.407. The van der Waals surface area contributed by atoms with Crippen molar-refractivity contribution in [3.63, 3.8) is 0 Å². The standard InChI is InChI=1S/C23H23NO4S/c1-15-20(23(26)28-13-12-27-16-7-3-2-4-8-16)22(19-11-6-14-29-19)21-17(24-15)9-5-10-18(21)25/h2-4,6-8,11,14,22,24H,5,9-10,12-13H2,1H3/t22-/m0/s1. The first-order valence-electron chi connectivity index (χ1n) is 9.77. The van der Waals surface area contributed by atoms with E-state index in [-0.39, 0.29) is 24.9 Å². The van der Waals surface area contributed by atoms with Crippen molar-refractivity contribution in [2.24, 2.45) is 0 Å². The van der Waals surface area contributed by atoms with Gasteiger partial charge in [0.1, 0.15) is 19.0 Å². The molecule has 0 saturated heterocycles. The van der Waals surface area contributed by atoms with Crippen LogP contribution in [-0.4, -0.2) is 25.0 Å². The molecule has 1 N–H and O–H groups in total. The molecular weight excluding hydrogens is 386 g/mol. The Morgan fingerprint density at radius 1 is 1.14 bits per heavy atom. The molecule has 0 unspecified atom stereocenters. The minimum absolute atomic E-state index is 0.113. The minimum Gasteiger partial charge on any atom is -0.490 e. The fraction of sp³-hybridized carbons (Fsp3) is 0.304. The molecule has 1 aliphatic carbocycles. The summed E-state index contributed by atoms with van der Waals surface area (Å²) in [6, 6.07) is 13.3. The summed E-state index contributed by atoms with van der Waals surface area (Å²) in [4.78, 5) is 26.7. The van der Waals surface area contributed by atoms with E-state index in [9.17, 15) is 9.59 Å². The van der Waals surface area contributed by atoms with Gasteiger partial charge >= 0.3 is 5.97 Å². The number of ether oxygens (including phenoxy) is 2. The number of rotatable bonds is 6. The number of allylic oxidation sites excluding steroid dienone is 3. The number of dihydropyridines is 1. The highest BCUT2D eigenvalue weighted by atomic mass is 32.1. The molecule has 2 aliphatic rings. The Labute approximate surface area is 174 Å². The van der Waals surface area contributed by atoms with Crippen molar-refractivity contribution in [2.45, 2.75) is 32.1 Å². The van der Waals surface area contributed by atoms with Crippen LogP contribution in [0, 0.1) is 0 Å². The first-order chi connectivity index (χ1) is 14.1. The van der Waals surface area contributed by atoms with Crippen molar-refractivity contribution in [1.29, 1.82) is 0 Å². The summed E-state index contributed by atoms with van der Waals surface area (Å²) in [5.41, 5.74) is 2.94. The Kier molecular flexibility index (Phi) is 5.81. The van der Waals surface area contributed by atoms with E-state index in [1.807, 2.05) is 54.8 Å². The molecule has 0 fully saturated rings. The molecule has 6 heteroatoms. The van der Waals surface area contributed by atoms with Crippen LogP contribution in [0.5, 0.6) is 5.75 Å². The summed E-state index contributed by atoms with van der Waals surface area (Å²) in [5.74, 6) is 0.0799. The molecule has 0 radical (unpaired) electrons. The number of para-hydroxylation sites is 1. The zero-order chi connectivity index (χ0) is 20.2. The van der Waals surface area contributed by atoms with Crippen molar-refractivity contribution in [3.8, 4) is 5.75 Å². The van der Waals surface area contributed by atoms with Crippen molar-refractivity contribution in [1.82, 2.24) is 5.32 Å². The summed E-state index contributed by atoms with van der Waals surface area (Å²) in [5, 5.41) is 5.27. The number of carbonyl (C=O) groups is 2. The van der Waals surface area contributed by atoms with Crippen LogP contribution in [0.25, 0.3) is 0 Å². The third-order valence-corrected chi connectivity index (χ3v) is 6.09. The van der Waals surface area contributed by atoms with Crippen LogP contribution in [0.2, 0.25) is 0 Å². The van der Waals surface area contributed by atoms with E-state index in [1.165, 1.54) is 0 Å². The molecule has 150 valence electrons. The molecule has 0 amide bonds. The summed E-state index contributed by atoms with van der Waals surface area (Å²) in [7, 11) is 0. The predicted octanol–water partition coefficient (Wildman–Crippen LogP) is 4.34. The van der Waals surface area contributed by atoms with Crippen LogP contribution in [-0.2, 0) is 14.3 Å². The largest absolute Gasteiger partial charge is 0.490 e. The third-order valence-electron chi connectivity index (χ3n) is 5.15. The number of Topliss-reactive ketones (excluding diaryl/α,β-unsaturated/α-hetero) is 1. The van der Waals surface area contributed by atoms with Crippen molar-refractivity contribution >= 4 is 23.1 Å². The molecule has 29 heavy (non-hydrogen) atoms. The maximum Gasteiger partial charge on any atom is 0.336 e. The average molecular weight is 410 g/mol. The zero-order valence-corrected chi connectivity index (χ0v) is 17.1. The van der Waals surface area contributed by atoms with Crippen molar-refractivity contribution in [2.75, 3.05) is 13.2 Å². The number of ketones is 1. The maximum atomic E-state index is 13.0. The number of nitrogens with one attached hydrogen (secondary N) is 1. The Hall–Kier alpha value is -2.86. The van der Waals surface area contributed by atoms with Gasteiger partial charge in [-0.15, -0.1) is 11.3 Å². The van der Waals surface area contributed by atoms with E-state index in [2.05, 4.69) is 5.32 Å². The number of esters is 1. The van der Waals surface area contributed by atoms with Gasteiger partial charge in [-0.25, -0.2) is 4.79 Å². The van der Waals surface area contributed by atoms with E-state index < -0.39 is 5.97 Å². The van der Waals surface area contributed by atoms with E-state index in [0.717, 1.165) is 40.4 Å². The molecule has 2 aromatic rings. The van der Waals surface area contributed by atoms with Gasteiger partial charge in [-0.05, 0) is 43.3 Å². The molecular formula is C23H23NO4S. The lowest BCUT2D eigenvalue weighted by Crippen LogP contribution is -2.34. The number of thiophene rings is 1. The van der Waals surface area contributed by atoms with E-state index >= 15 is 0 Å². The number of hydrogen-bond donors (Lipinski definition) is 1. The van der Waals surface area contributed by atoms with Gasteiger partial charge < -0.3 is 14.8 Å². The van der Waals surface area contributed by atoms with Crippen LogP contribution in [0.15, 0.2) is 70.4 Å². The monoisotopic (exact) mass is 409 g/mol. The summed E-state index contributed by atoms with van der Waals surface area (Å²) < 4.78 is 11.1. The second-order valence-electron chi connectivity index (χ2n) is 7.08. The van der Waals surface area contributed by atoms with Crippen LogP contribution >= 0.6 is 11.3 Å². The second-order valence-corrected chi connectivity index (χ2v) is 8.06. The van der Waals surface area contributed by atoms with E-state index in [1.54, 1.807) is 11.3 Å². The zero-order valence-electron chi connectivity index (χ0n) is 16.3. The van der Waals surface area contributed by atoms with Crippen molar-refractivity contribution < 1.29 is 19.1 Å². The first-order valence-corrected chi connectivity index (χ1v) is 10.7. The van der Waals surface area contributed by atoms with Gasteiger partial charge in [-0.2, -0.15) is 0 Å². The average Bonchev–Trinajstić information content (AvgIpc) is 3.25. The Bertz CT molecular complexity index is 960. The molecule has 2 heterocycles. The van der Waals surface area contributed by atoms with E-state index in [0.29, 0.717) is 12.0 Å². The Morgan fingerprint density at radius 3 is 2.72 bits per heavy atom. The molecule has 1 aromatic heterocycles. The fourth-order valence-electron chi connectivity index (χ4n) is 3.88. The summed E-state index contributed by atoms with van der Waals surface area (Å²) in [6.45, 7) is 2.29. The number of carbonyl (C=O) groups excluding carboxylic acids is 2. The lowest BCUT2D eigenvalue weighted by atomic mass is 9.78. The molecule has 5 nitrogen and oxygen atoms in total. The van der Waals surface area contributed by atoms with Gasteiger partial charge in [0.15, 0.2) is 5.78 Å². The smallest absolute Gasteiger partial charge is 0.336 e. The fourth-order valence-corrected chi connectivity index (χ4v) is 4.73. The molecule has 0 saturated carbocycles. The summed E-state index contributed by atoms with van der Waals surface area (Å²) >= 11 is 1.56. The highest BCUT2D eigenvalue weighted by Gasteiger charge is 2.39. The number of benzene rings is 1. The van der Waals surface area contributed by atoms with Crippen LogP contribution < -0.4 is 10.1 Å². The number of hydrogen-bond acceptors (Lipinski definition) is 6. The molecule has 1 aliphatic heterocycles. The predicted molar refractivity (Wildman–Crippen MR) is 112 cm³/mol. The lowest BCUT2D eigenvalue weighted by Gasteiger charge is -2.33. The summed E-state index contributed by atoms with van der Waals surface area (Å²) in [6.07, 6.45) is 2.19. The van der Waals surface area contributed by atoms with Gasteiger partial charge in [0.25, 0.3) is 0 Å². The third kappa shape index (κ3) is 4.12. The molecule has 0 spiro atoms. The van der Waals surface area contributed by atoms with Gasteiger partial charge in [-0.1, -0.05) is 24.3 Å². The highest BCUT2D eigenvalue weighted by Crippen LogP contribution is 2.43. The molecule has 0 bridgehead atoms. The second kappa shape index (κ2) is 8.66. The normalized spacial score (nSPS) is 18.9. The van der Waals surface area contributed by atoms with Gasteiger partial charge in [0.2, 0.25) is 0 Å². The van der Waals surface area contributed by atoms with Gasteiger partial charge in [0.05, 0.1) is 11.5 Å². The van der Waals surface area contributed by atoms with Gasteiger partial charge in [0, 0.05) is 28.3 Å². The lowest BCUT2D eigenvalue weighted by molar-refractivity contribution is -0.140. The molecule has 1 aromatic carbocycles. The Morgan fingerprint density at radius 2 is 1.97 bits per heavy atom. The first kappa shape index (κ1) is 19.5. The molecule has 1 atom stereocenters. The van der Waals surface area contributed by atoms with Gasteiger partial charge in [-0.3, -0.25) is 4.79 Å². The topological polar surface area (TPSA) is 64.6 Å². The van der Waals surface area contributed by atoms with Crippen LogP contribution in [0.3, 0.4) is 0 Å². The van der Waals surface area contributed by atoms with E-state index in [4.69, 9.17) is 9.47 Å². The SMILES string of the molecule is CC1=C(C(=O)OCCOc2ccccc2)[C@H](c2cccs2)C2=C(CCCC2=O)N1. The maximum absolute atomic E-state index is 13.0. The van der Waals surface area contributed by atoms with Crippen LogP contribution in [0.1, 0.15) is 37.0 Å². The van der Waals surface area contributed by atoms with Crippen LogP contribution in [0.4, 0.5) is 0 Å². The Balaban J connectivity index is 1.51. The molecule has 4 rings (SSSR count). The van der Waals surface area contributed by atoms with Crippen molar-refractivity contribution in [3.05, 3.63) is 75.3 Å². The highest BCUT2D eigenvalue weighted by molar-refractivity contribution is 7.10.